The van der Waals surface area contributed by atoms with Gasteiger partial charge in [-0.3, -0.25) is 4.79 Å². The second-order valence-electron chi connectivity index (χ2n) is 7.42. The molecule has 1 amide bonds. The molecule has 1 aromatic heterocycles. The Bertz CT molecular complexity index is 946. The molecular weight excluding hydrogens is 412 g/mol. The van der Waals surface area contributed by atoms with Crippen LogP contribution in [0.5, 0.6) is 5.75 Å². The minimum absolute atomic E-state index is 0.132. The van der Waals surface area contributed by atoms with Crippen LogP contribution in [0, 0.1) is 0 Å². The van der Waals surface area contributed by atoms with Crippen molar-refractivity contribution in [3.05, 3.63) is 46.2 Å². The highest BCUT2D eigenvalue weighted by atomic mass is 32.2. The molecule has 9 heteroatoms. The molecule has 29 heavy (non-hydrogen) atoms. The highest BCUT2D eigenvalue weighted by Gasteiger charge is 2.38. The molecule has 0 saturated heterocycles. The van der Waals surface area contributed by atoms with Gasteiger partial charge in [0, 0.05) is 21.7 Å². The van der Waals surface area contributed by atoms with Gasteiger partial charge in [-0.1, -0.05) is 12.8 Å². The normalized spacial score (nSPS) is 17.2. The van der Waals surface area contributed by atoms with Gasteiger partial charge in [-0.05, 0) is 56.2 Å². The van der Waals surface area contributed by atoms with E-state index >= 15 is 0 Å². The maximum Gasteiger partial charge on any atom is 0.255 e. The fourth-order valence-corrected chi connectivity index (χ4v) is 5.93. The summed E-state index contributed by atoms with van der Waals surface area (Å²) in [5, 5.41) is 9.83. The molecular formula is C20H26N2O5S2. The molecule has 0 bridgehead atoms. The molecule has 1 aliphatic rings. The Hall–Kier alpha value is -1.94. The third-order valence-electron chi connectivity index (χ3n) is 5.24. The van der Waals surface area contributed by atoms with Crippen LogP contribution in [-0.4, -0.2) is 32.6 Å². The lowest BCUT2D eigenvalue weighted by Crippen LogP contribution is -2.38. The van der Waals surface area contributed by atoms with Crippen LogP contribution in [0.15, 0.2) is 41.3 Å². The predicted molar refractivity (Wildman–Crippen MR) is 111 cm³/mol. The van der Waals surface area contributed by atoms with Crippen molar-refractivity contribution in [1.29, 1.82) is 0 Å². The van der Waals surface area contributed by atoms with Gasteiger partial charge in [0.05, 0.1) is 11.0 Å². The van der Waals surface area contributed by atoms with Gasteiger partial charge in [0.15, 0.2) is 6.61 Å². The van der Waals surface area contributed by atoms with Gasteiger partial charge in [0.25, 0.3) is 5.91 Å². The first-order valence-electron chi connectivity index (χ1n) is 9.51. The number of nitrogens with two attached hydrogens (primary N) is 1. The zero-order valence-corrected chi connectivity index (χ0v) is 17.9. The molecule has 0 radical (unpaired) electrons. The van der Waals surface area contributed by atoms with E-state index in [2.05, 4.69) is 4.72 Å². The topological polar surface area (TPSA) is 119 Å². The van der Waals surface area contributed by atoms with Crippen molar-refractivity contribution in [1.82, 2.24) is 4.72 Å². The number of rotatable bonds is 9. The van der Waals surface area contributed by atoms with Gasteiger partial charge < -0.3 is 15.6 Å². The number of carbonyl (C=O) groups is 1. The summed E-state index contributed by atoms with van der Waals surface area (Å²) in [6.45, 7) is 1.79. The standard InChI is InChI=1S/C20H26N2O5S2/c1-14(23)17-8-9-18(28-17)20(10-2-3-11-20)13-22-29(25,26)16-6-4-15(5-7-16)27-12-19(21)24/h4-9,14,22-23H,2-3,10-13H2,1H3,(H2,21,24)/t14-/m0/s1. The molecule has 1 saturated carbocycles. The van der Waals surface area contributed by atoms with Crippen LogP contribution >= 0.6 is 11.3 Å². The van der Waals surface area contributed by atoms with Gasteiger partial charge in [-0.15, -0.1) is 11.3 Å². The Morgan fingerprint density at radius 3 is 2.45 bits per heavy atom. The number of hydrogen-bond donors (Lipinski definition) is 3. The third-order valence-corrected chi connectivity index (χ3v) is 8.16. The second-order valence-corrected chi connectivity index (χ2v) is 10.3. The Labute approximate surface area is 174 Å². The lowest BCUT2D eigenvalue weighted by molar-refractivity contribution is -0.119. The van der Waals surface area contributed by atoms with E-state index in [9.17, 15) is 18.3 Å². The van der Waals surface area contributed by atoms with Crippen LogP contribution in [0.4, 0.5) is 0 Å². The van der Waals surface area contributed by atoms with Crippen LogP contribution in [0.2, 0.25) is 0 Å². The molecule has 1 heterocycles. The van der Waals surface area contributed by atoms with Crippen molar-refractivity contribution in [3.63, 3.8) is 0 Å². The Balaban J connectivity index is 1.72. The zero-order valence-electron chi connectivity index (χ0n) is 16.3. The highest BCUT2D eigenvalue weighted by Crippen LogP contribution is 2.44. The Morgan fingerprint density at radius 1 is 1.24 bits per heavy atom. The van der Waals surface area contributed by atoms with Crippen molar-refractivity contribution < 1.29 is 23.1 Å². The van der Waals surface area contributed by atoms with Crippen LogP contribution < -0.4 is 15.2 Å². The smallest absolute Gasteiger partial charge is 0.255 e. The van der Waals surface area contributed by atoms with Crippen LogP contribution in [0.1, 0.15) is 48.5 Å². The minimum Gasteiger partial charge on any atom is -0.484 e. The van der Waals surface area contributed by atoms with Gasteiger partial charge in [-0.25, -0.2) is 13.1 Å². The number of ether oxygens (including phenoxy) is 1. The molecule has 158 valence electrons. The molecule has 0 unspecified atom stereocenters. The first-order valence-corrected chi connectivity index (χ1v) is 11.8. The van der Waals surface area contributed by atoms with Crippen molar-refractivity contribution in [2.45, 2.75) is 49.0 Å². The SMILES string of the molecule is C[C@H](O)c1ccc(C2(CNS(=O)(=O)c3ccc(OCC(N)=O)cc3)CCCC2)s1. The average Bonchev–Trinajstić information content (AvgIpc) is 3.35. The minimum atomic E-state index is -3.69. The molecule has 0 spiro atoms. The molecule has 0 aliphatic heterocycles. The first-order chi connectivity index (χ1) is 13.7. The summed E-state index contributed by atoms with van der Waals surface area (Å²) in [5.41, 5.74) is 4.79. The van der Waals surface area contributed by atoms with Crippen molar-refractivity contribution in [3.8, 4) is 5.75 Å². The molecule has 3 rings (SSSR count). The number of sulfonamides is 1. The monoisotopic (exact) mass is 438 g/mol. The molecule has 1 aliphatic carbocycles. The lowest BCUT2D eigenvalue weighted by Gasteiger charge is -2.28. The number of nitrogens with one attached hydrogen (secondary N) is 1. The van der Waals surface area contributed by atoms with E-state index in [1.807, 2.05) is 12.1 Å². The summed E-state index contributed by atoms with van der Waals surface area (Å²) >= 11 is 1.55. The van der Waals surface area contributed by atoms with Crippen LogP contribution in [-0.2, 0) is 20.2 Å². The van der Waals surface area contributed by atoms with Gasteiger partial charge in [-0.2, -0.15) is 0 Å². The number of thiophene rings is 1. The number of hydrogen-bond acceptors (Lipinski definition) is 6. The Morgan fingerprint density at radius 2 is 1.90 bits per heavy atom. The molecule has 7 nitrogen and oxygen atoms in total. The van der Waals surface area contributed by atoms with Crippen molar-refractivity contribution >= 4 is 27.3 Å². The summed E-state index contributed by atoms with van der Waals surface area (Å²) in [5.74, 6) is -0.225. The van der Waals surface area contributed by atoms with Crippen molar-refractivity contribution in [2.75, 3.05) is 13.2 Å². The first kappa shape index (κ1) is 21.8. The Kier molecular flexibility index (Phi) is 6.62. The lowest BCUT2D eigenvalue weighted by atomic mass is 9.85. The number of benzene rings is 1. The average molecular weight is 439 g/mol. The second kappa shape index (κ2) is 8.83. The summed E-state index contributed by atoms with van der Waals surface area (Å²) < 4.78 is 33.5. The zero-order chi connectivity index (χ0) is 21.1. The van der Waals surface area contributed by atoms with E-state index < -0.39 is 22.0 Å². The molecule has 4 N–H and O–H groups in total. The number of carbonyl (C=O) groups excluding carboxylic acids is 1. The van der Waals surface area contributed by atoms with Crippen molar-refractivity contribution in [2.24, 2.45) is 5.73 Å². The van der Waals surface area contributed by atoms with Crippen LogP contribution in [0.3, 0.4) is 0 Å². The van der Waals surface area contributed by atoms with Crippen LogP contribution in [0.25, 0.3) is 0 Å². The molecule has 1 atom stereocenters. The maximum absolute atomic E-state index is 12.8. The fourth-order valence-electron chi connectivity index (χ4n) is 3.61. The van der Waals surface area contributed by atoms with E-state index in [4.69, 9.17) is 10.5 Å². The fraction of sp³-hybridized carbons (Fsp3) is 0.450. The van der Waals surface area contributed by atoms with Gasteiger partial charge in [0.1, 0.15) is 5.75 Å². The molecule has 1 aromatic carbocycles. The molecule has 2 aromatic rings. The summed E-state index contributed by atoms with van der Waals surface area (Å²) in [6, 6.07) is 9.81. The van der Waals surface area contributed by atoms with Gasteiger partial charge >= 0.3 is 0 Å². The summed E-state index contributed by atoms with van der Waals surface area (Å²) in [7, 11) is -3.69. The summed E-state index contributed by atoms with van der Waals surface area (Å²) in [6.07, 6.45) is 3.40. The predicted octanol–water partition coefficient (Wildman–Crippen LogP) is 2.46. The maximum atomic E-state index is 12.8. The number of aliphatic hydroxyl groups is 1. The van der Waals surface area contributed by atoms with E-state index in [1.54, 1.807) is 18.3 Å². The third kappa shape index (κ3) is 5.16. The number of amides is 1. The van der Waals surface area contributed by atoms with E-state index in [-0.39, 0.29) is 16.9 Å². The number of aliphatic hydroxyl groups excluding tert-OH is 1. The van der Waals surface area contributed by atoms with E-state index in [1.165, 1.54) is 24.3 Å². The highest BCUT2D eigenvalue weighted by molar-refractivity contribution is 7.89. The number of primary amides is 1. The quantitative estimate of drug-likeness (QED) is 0.556. The van der Waals surface area contributed by atoms with Gasteiger partial charge in [0.2, 0.25) is 10.0 Å². The molecule has 1 fully saturated rings. The van der Waals surface area contributed by atoms with E-state index in [0.29, 0.717) is 12.3 Å². The summed E-state index contributed by atoms with van der Waals surface area (Å²) in [4.78, 5) is 12.9. The van der Waals surface area contributed by atoms with E-state index in [0.717, 1.165) is 35.4 Å². The largest absolute Gasteiger partial charge is 0.484 e.